The van der Waals surface area contributed by atoms with Crippen LogP contribution in [0, 0.1) is 0 Å². The average Bonchev–Trinajstić information content (AvgIpc) is 2.51. The molecule has 2 aliphatic heterocycles. The molecule has 0 aromatic heterocycles. The number of hydrogen-bond acceptors (Lipinski definition) is 3. The van der Waals surface area contributed by atoms with Crippen molar-refractivity contribution < 1.29 is 5.11 Å². The Labute approximate surface area is 73.1 Å². The summed E-state index contributed by atoms with van der Waals surface area (Å²) in [6, 6.07) is 0.740. The first kappa shape index (κ1) is 8.20. The van der Waals surface area contributed by atoms with Crippen LogP contribution in [0.4, 0.5) is 0 Å². The number of hydrogen-bond donors (Lipinski definition) is 1. The third kappa shape index (κ3) is 1.52. The highest BCUT2D eigenvalue weighted by Crippen LogP contribution is 2.25. The van der Waals surface area contributed by atoms with Gasteiger partial charge in [-0.05, 0) is 25.8 Å². The normalized spacial score (nSPS) is 34.1. The highest BCUT2D eigenvalue weighted by molar-refractivity contribution is 5.85. The third-order valence-corrected chi connectivity index (χ3v) is 2.95. The zero-order valence-electron chi connectivity index (χ0n) is 7.37. The quantitative estimate of drug-likeness (QED) is 0.623. The Morgan fingerprint density at radius 2 is 2.42 bits per heavy atom. The lowest BCUT2D eigenvalue weighted by atomic mass is 10.0. The van der Waals surface area contributed by atoms with Gasteiger partial charge in [0, 0.05) is 24.7 Å². The monoisotopic (exact) mass is 168 g/mol. The molecule has 0 aromatic carbocycles. The van der Waals surface area contributed by atoms with Gasteiger partial charge in [0.2, 0.25) is 0 Å². The van der Waals surface area contributed by atoms with Gasteiger partial charge in [-0.15, -0.1) is 0 Å². The standard InChI is InChI=1S/C9H16N2O/c12-7-10-8-3-5-11-4-1-2-9(11)6-8/h9,12H,1-7H2. The van der Waals surface area contributed by atoms with Gasteiger partial charge in [-0.1, -0.05) is 0 Å². The fourth-order valence-corrected chi connectivity index (χ4v) is 2.31. The number of rotatable bonds is 1. The van der Waals surface area contributed by atoms with Gasteiger partial charge in [-0.2, -0.15) is 0 Å². The van der Waals surface area contributed by atoms with Crippen LogP contribution in [0.5, 0.6) is 0 Å². The van der Waals surface area contributed by atoms with E-state index in [1.165, 1.54) is 25.1 Å². The van der Waals surface area contributed by atoms with Gasteiger partial charge in [0.1, 0.15) is 6.73 Å². The van der Waals surface area contributed by atoms with Crippen LogP contribution in [0.15, 0.2) is 4.99 Å². The Bertz CT molecular complexity index is 191. The zero-order valence-corrected chi connectivity index (χ0v) is 7.37. The van der Waals surface area contributed by atoms with Gasteiger partial charge in [-0.3, -0.25) is 9.89 Å². The summed E-state index contributed by atoms with van der Waals surface area (Å²) < 4.78 is 0. The highest BCUT2D eigenvalue weighted by Gasteiger charge is 2.29. The van der Waals surface area contributed by atoms with E-state index in [0.717, 1.165) is 25.4 Å². The Hall–Kier alpha value is -0.410. The SMILES string of the molecule is OCN=C1CCN2CCCC2C1. The molecular weight excluding hydrogens is 152 g/mol. The molecular formula is C9H16N2O. The van der Waals surface area contributed by atoms with E-state index < -0.39 is 0 Å². The van der Waals surface area contributed by atoms with Gasteiger partial charge < -0.3 is 5.11 Å². The molecule has 12 heavy (non-hydrogen) atoms. The first-order valence-corrected chi connectivity index (χ1v) is 4.77. The summed E-state index contributed by atoms with van der Waals surface area (Å²) >= 11 is 0. The molecule has 0 bridgehead atoms. The average molecular weight is 168 g/mol. The predicted octanol–water partition coefficient (Wildman–Crippen LogP) is 0.635. The lowest BCUT2D eigenvalue weighted by molar-refractivity contribution is 0.246. The maximum absolute atomic E-state index is 8.66. The van der Waals surface area contributed by atoms with Crippen molar-refractivity contribution in [1.29, 1.82) is 0 Å². The van der Waals surface area contributed by atoms with E-state index in [0.29, 0.717) is 0 Å². The first-order chi connectivity index (χ1) is 5.90. The van der Waals surface area contributed by atoms with Gasteiger partial charge in [-0.25, -0.2) is 0 Å². The molecule has 0 aliphatic carbocycles. The number of fused-ring (bicyclic) bond motifs is 1. The van der Waals surface area contributed by atoms with Crippen LogP contribution in [0.2, 0.25) is 0 Å². The fraction of sp³-hybridized carbons (Fsp3) is 0.889. The van der Waals surface area contributed by atoms with Gasteiger partial charge in [0.05, 0.1) is 0 Å². The molecule has 2 heterocycles. The van der Waals surface area contributed by atoms with Crippen LogP contribution < -0.4 is 0 Å². The van der Waals surface area contributed by atoms with Gasteiger partial charge in [0.15, 0.2) is 0 Å². The van der Waals surface area contributed by atoms with Crippen molar-refractivity contribution >= 4 is 5.71 Å². The summed E-state index contributed by atoms with van der Waals surface area (Å²) in [5.74, 6) is 0. The number of nitrogens with zero attached hydrogens (tertiary/aromatic N) is 2. The number of aliphatic hydroxyl groups excluding tert-OH is 1. The lowest BCUT2D eigenvalue weighted by Crippen LogP contribution is -2.38. The van der Waals surface area contributed by atoms with Crippen molar-refractivity contribution in [1.82, 2.24) is 4.90 Å². The smallest absolute Gasteiger partial charge is 0.134 e. The largest absolute Gasteiger partial charge is 0.375 e. The summed E-state index contributed by atoms with van der Waals surface area (Å²) in [5.41, 5.74) is 1.22. The third-order valence-electron chi connectivity index (χ3n) is 2.95. The molecule has 3 heteroatoms. The summed E-state index contributed by atoms with van der Waals surface area (Å²) in [6.07, 6.45) is 4.83. The van der Waals surface area contributed by atoms with Crippen LogP contribution in [-0.2, 0) is 0 Å². The van der Waals surface area contributed by atoms with Gasteiger partial charge >= 0.3 is 0 Å². The van der Waals surface area contributed by atoms with Crippen molar-refractivity contribution in [2.24, 2.45) is 4.99 Å². The van der Waals surface area contributed by atoms with Crippen molar-refractivity contribution in [2.75, 3.05) is 19.8 Å². The van der Waals surface area contributed by atoms with E-state index in [1.807, 2.05) is 0 Å². The second-order valence-electron chi connectivity index (χ2n) is 3.65. The van der Waals surface area contributed by atoms with Gasteiger partial charge in [0.25, 0.3) is 0 Å². The molecule has 0 aromatic rings. The van der Waals surface area contributed by atoms with Crippen molar-refractivity contribution in [3.05, 3.63) is 0 Å². The summed E-state index contributed by atoms with van der Waals surface area (Å²) in [6.45, 7) is 2.41. The molecule has 0 radical (unpaired) electrons. The Balaban J connectivity index is 1.96. The summed E-state index contributed by atoms with van der Waals surface area (Å²) in [7, 11) is 0. The van der Waals surface area contributed by atoms with E-state index >= 15 is 0 Å². The second kappa shape index (κ2) is 3.54. The lowest BCUT2D eigenvalue weighted by Gasteiger charge is -2.30. The molecule has 0 spiro atoms. The van der Waals surface area contributed by atoms with Crippen LogP contribution in [0.1, 0.15) is 25.7 Å². The van der Waals surface area contributed by atoms with E-state index in [2.05, 4.69) is 9.89 Å². The number of aliphatic hydroxyl groups is 1. The minimum absolute atomic E-state index is 0.0257. The van der Waals surface area contributed by atoms with Crippen LogP contribution in [0.25, 0.3) is 0 Å². The minimum Gasteiger partial charge on any atom is -0.375 e. The molecule has 3 nitrogen and oxygen atoms in total. The summed E-state index contributed by atoms with van der Waals surface area (Å²) in [5, 5.41) is 8.66. The van der Waals surface area contributed by atoms with E-state index in [9.17, 15) is 0 Å². The maximum atomic E-state index is 8.66. The van der Waals surface area contributed by atoms with E-state index in [1.54, 1.807) is 0 Å². The van der Waals surface area contributed by atoms with Crippen LogP contribution >= 0.6 is 0 Å². The fourth-order valence-electron chi connectivity index (χ4n) is 2.31. The molecule has 0 saturated carbocycles. The first-order valence-electron chi connectivity index (χ1n) is 4.77. The molecule has 2 rings (SSSR count). The van der Waals surface area contributed by atoms with Crippen molar-refractivity contribution in [2.45, 2.75) is 31.7 Å². The summed E-state index contributed by atoms with van der Waals surface area (Å²) in [4.78, 5) is 6.64. The molecule has 1 atom stereocenters. The molecule has 2 fully saturated rings. The molecule has 1 N–H and O–H groups in total. The van der Waals surface area contributed by atoms with Crippen molar-refractivity contribution in [3.8, 4) is 0 Å². The molecule has 2 aliphatic rings. The van der Waals surface area contributed by atoms with E-state index in [-0.39, 0.29) is 6.73 Å². The Morgan fingerprint density at radius 3 is 3.25 bits per heavy atom. The van der Waals surface area contributed by atoms with Crippen LogP contribution in [-0.4, -0.2) is 41.6 Å². The maximum Gasteiger partial charge on any atom is 0.134 e. The minimum atomic E-state index is -0.0257. The van der Waals surface area contributed by atoms with Crippen molar-refractivity contribution in [3.63, 3.8) is 0 Å². The molecule has 1 unspecified atom stereocenters. The number of piperidine rings is 1. The number of aliphatic imine (C=N–C) groups is 1. The zero-order chi connectivity index (χ0) is 8.39. The Kier molecular flexibility index (Phi) is 2.42. The second-order valence-corrected chi connectivity index (χ2v) is 3.65. The molecule has 0 amide bonds. The van der Waals surface area contributed by atoms with E-state index in [4.69, 9.17) is 5.11 Å². The Morgan fingerprint density at radius 1 is 1.50 bits per heavy atom. The molecule has 2 saturated heterocycles. The molecule has 68 valence electrons. The van der Waals surface area contributed by atoms with Crippen LogP contribution in [0.3, 0.4) is 0 Å². The predicted molar refractivity (Wildman–Crippen MR) is 48.3 cm³/mol. The topological polar surface area (TPSA) is 35.8 Å². The highest BCUT2D eigenvalue weighted by atomic mass is 16.3.